The number of benzene rings is 11. The van der Waals surface area contributed by atoms with Gasteiger partial charge >= 0.3 is 0 Å². The van der Waals surface area contributed by atoms with Gasteiger partial charge in [-0.25, -0.2) is 0 Å². The molecule has 72 heavy (non-hydrogen) atoms. The number of rotatable bonds is 8. The molecule has 2 heteroatoms. The molecule has 0 saturated carbocycles. The van der Waals surface area contributed by atoms with Crippen LogP contribution >= 0.6 is 0 Å². The monoisotopic (exact) mass is 918 g/mol. The molecule has 1 unspecified atom stereocenters. The van der Waals surface area contributed by atoms with E-state index in [0.717, 1.165) is 28.4 Å². The molecule has 11 aromatic rings. The molecule has 0 saturated heterocycles. The molecule has 3 aliphatic rings. The van der Waals surface area contributed by atoms with E-state index in [-0.39, 0.29) is 5.41 Å². The molecule has 0 N–H and O–H groups in total. The highest BCUT2D eigenvalue weighted by molar-refractivity contribution is 6.02. The lowest BCUT2D eigenvalue weighted by Gasteiger charge is -2.32. The second kappa shape index (κ2) is 16.3. The van der Waals surface area contributed by atoms with E-state index in [4.69, 9.17) is 0 Å². The molecule has 0 bridgehead atoms. The van der Waals surface area contributed by atoms with E-state index in [1.54, 1.807) is 0 Å². The van der Waals surface area contributed by atoms with Gasteiger partial charge in [0.1, 0.15) is 0 Å². The Morgan fingerprint density at radius 1 is 0.250 bits per heavy atom. The van der Waals surface area contributed by atoms with Crippen molar-refractivity contribution in [3.8, 4) is 55.6 Å². The second-order valence-electron chi connectivity index (χ2n) is 20.0. The molecule has 1 atom stereocenters. The molecule has 0 heterocycles. The lowest BCUT2D eigenvalue weighted by atomic mass is 9.70. The van der Waals surface area contributed by atoms with Gasteiger partial charge in [-0.1, -0.05) is 214 Å². The molecule has 0 fully saturated rings. The van der Waals surface area contributed by atoms with Gasteiger partial charge < -0.3 is 9.80 Å². The van der Waals surface area contributed by atoms with Crippen LogP contribution in [0.5, 0.6) is 0 Å². The van der Waals surface area contributed by atoms with Crippen molar-refractivity contribution in [3.05, 3.63) is 300 Å². The van der Waals surface area contributed by atoms with E-state index < -0.39 is 5.41 Å². The van der Waals surface area contributed by atoms with Crippen molar-refractivity contribution in [3.63, 3.8) is 0 Å². The van der Waals surface area contributed by atoms with Crippen LogP contribution in [0.15, 0.2) is 267 Å². The molecule has 0 aliphatic heterocycles. The van der Waals surface area contributed by atoms with Crippen molar-refractivity contribution in [2.24, 2.45) is 0 Å². The number of fused-ring (bicyclic) bond motifs is 13. The molecular formula is C70H50N2. The van der Waals surface area contributed by atoms with Crippen molar-refractivity contribution >= 4 is 34.1 Å². The molecule has 11 aromatic carbocycles. The van der Waals surface area contributed by atoms with Gasteiger partial charge in [-0.2, -0.15) is 0 Å². The summed E-state index contributed by atoms with van der Waals surface area (Å²) in [6, 6.07) is 99.0. The fourth-order valence-electron chi connectivity index (χ4n) is 12.7. The Labute approximate surface area is 422 Å². The van der Waals surface area contributed by atoms with E-state index >= 15 is 0 Å². The first-order valence-corrected chi connectivity index (χ1v) is 25.2. The predicted molar refractivity (Wildman–Crippen MR) is 301 cm³/mol. The zero-order valence-corrected chi connectivity index (χ0v) is 40.3. The summed E-state index contributed by atoms with van der Waals surface area (Å²) in [7, 11) is 0. The maximum absolute atomic E-state index is 2.50. The quantitative estimate of drug-likeness (QED) is 0.150. The molecule has 0 radical (unpaired) electrons. The van der Waals surface area contributed by atoms with Crippen LogP contribution < -0.4 is 9.80 Å². The maximum atomic E-state index is 2.50. The summed E-state index contributed by atoms with van der Waals surface area (Å²) in [5.74, 6) is 0. The Kier molecular flexibility index (Phi) is 9.50. The molecule has 2 nitrogen and oxygen atoms in total. The number of nitrogens with zero attached hydrogens (tertiary/aromatic N) is 2. The summed E-state index contributed by atoms with van der Waals surface area (Å²) in [5, 5.41) is 0. The first-order valence-electron chi connectivity index (χ1n) is 25.2. The lowest BCUT2D eigenvalue weighted by molar-refractivity contribution is 0.660. The van der Waals surface area contributed by atoms with Crippen LogP contribution in [-0.4, -0.2) is 0 Å². The Bertz CT molecular complexity index is 3890. The van der Waals surface area contributed by atoms with E-state index in [9.17, 15) is 0 Å². The summed E-state index contributed by atoms with van der Waals surface area (Å²) < 4.78 is 0. The zero-order chi connectivity index (χ0) is 48.0. The second-order valence-corrected chi connectivity index (χ2v) is 20.0. The summed E-state index contributed by atoms with van der Waals surface area (Å²) in [6.45, 7) is 4.75. The molecule has 14 rings (SSSR count). The van der Waals surface area contributed by atoms with Crippen LogP contribution in [0.1, 0.15) is 47.2 Å². The normalized spacial score (nSPS) is 15.0. The van der Waals surface area contributed by atoms with Crippen LogP contribution in [0.2, 0.25) is 0 Å². The average Bonchev–Trinajstić information content (AvgIpc) is 4.01. The van der Waals surface area contributed by atoms with Crippen molar-refractivity contribution < 1.29 is 0 Å². The zero-order valence-electron chi connectivity index (χ0n) is 40.3. The van der Waals surface area contributed by atoms with Gasteiger partial charge in [0.15, 0.2) is 0 Å². The van der Waals surface area contributed by atoms with Crippen molar-refractivity contribution in [2.75, 3.05) is 9.80 Å². The Morgan fingerprint density at radius 3 is 1.42 bits per heavy atom. The van der Waals surface area contributed by atoms with Crippen LogP contribution in [0.3, 0.4) is 0 Å². The highest BCUT2D eigenvalue weighted by Gasteiger charge is 2.52. The summed E-state index contributed by atoms with van der Waals surface area (Å²) in [5.41, 5.74) is 26.5. The highest BCUT2D eigenvalue weighted by Crippen LogP contribution is 2.65. The van der Waals surface area contributed by atoms with Gasteiger partial charge in [0.2, 0.25) is 0 Å². The van der Waals surface area contributed by atoms with Gasteiger partial charge in [0, 0.05) is 39.4 Å². The van der Waals surface area contributed by atoms with E-state index in [0.29, 0.717) is 0 Å². The molecule has 1 spiro atoms. The van der Waals surface area contributed by atoms with Gasteiger partial charge in [0.25, 0.3) is 0 Å². The third-order valence-corrected chi connectivity index (χ3v) is 15.9. The molecule has 340 valence electrons. The fraction of sp³-hybridized carbons (Fsp3) is 0.0571. The first-order chi connectivity index (χ1) is 35.5. The summed E-state index contributed by atoms with van der Waals surface area (Å²) in [6.07, 6.45) is 0. The van der Waals surface area contributed by atoms with Gasteiger partial charge in [-0.15, -0.1) is 0 Å². The van der Waals surface area contributed by atoms with E-state index in [1.165, 1.54) is 94.7 Å². The topological polar surface area (TPSA) is 6.48 Å². The number of para-hydroxylation sites is 1. The van der Waals surface area contributed by atoms with Crippen LogP contribution in [0, 0.1) is 0 Å². The largest absolute Gasteiger partial charge is 0.310 e. The van der Waals surface area contributed by atoms with Crippen molar-refractivity contribution in [2.45, 2.75) is 24.7 Å². The summed E-state index contributed by atoms with van der Waals surface area (Å²) in [4.78, 5) is 4.93. The standard InChI is InChI=1S/C70H50N2/c1-69(2)61-31-15-12-28-56(61)58-42-40-55(46-66(58)69)72(51-25-10-5-11-26-51)67-35-19-34-65-68(67)59-30-14-17-33-63(59)70(65)62-32-16-13-29-57(62)60-45-54(41-43-64(60)70)71(52-38-36-49(37-39-52)47-20-6-3-7-21-47)53-27-18-24-50(44-53)48-22-8-4-9-23-48/h3-46H,1-2H3. The number of hydrogen-bond donors (Lipinski definition) is 0. The minimum absolute atomic E-state index is 0.137. The molecular weight excluding hydrogens is 869 g/mol. The first kappa shape index (κ1) is 41.9. The predicted octanol–water partition coefficient (Wildman–Crippen LogP) is 18.6. The Morgan fingerprint density at radius 2 is 0.694 bits per heavy atom. The number of anilines is 6. The Hall–Kier alpha value is -8.98. The smallest absolute Gasteiger partial charge is 0.0726 e. The molecule has 3 aliphatic carbocycles. The van der Waals surface area contributed by atoms with Crippen LogP contribution in [0.25, 0.3) is 55.6 Å². The van der Waals surface area contributed by atoms with Gasteiger partial charge in [-0.05, 0) is 150 Å². The van der Waals surface area contributed by atoms with Crippen molar-refractivity contribution in [1.82, 2.24) is 0 Å². The maximum Gasteiger partial charge on any atom is 0.0726 e. The van der Waals surface area contributed by atoms with Gasteiger partial charge in [0.05, 0.1) is 11.1 Å². The van der Waals surface area contributed by atoms with E-state index in [2.05, 4.69) is 291 Å². The van der Waals surface area contributed by atoms with Crippen LogP contribution in [-0.2, 0) is 10.8 Å². The van der Waals surface area contributed by atoms with Crippen LogP contribution in [0.4, 0.5) is 34.1 Å². The minimum atomic E-state index is -0.550. The third kappa shape index (κ3) is 6.22. The number of hydrogen-bond acceptors (Lipinski definition) is 2. The lowest BCUT2D eigenvalue weighted by Crippen LogP contribution is -2.26. The molecule has 0 amide bonds. The molecule has 0 aromatic heterocycles. The van der Waals surface area contributed by atoms with Crippen molar-refractivity contribution in [1.29, 1.82) is 0 Å². The average molecular weight is 919 g/mol. The van der Waals surface area contributed by atoms with E-state index in [1.807, 2.05) is 0 Å². The Balaban J connectivity index is 0.964. The minimum Gasteiger partial charge on any atom is -0.310 e. The third-order valence-electron chi connectivity index (χ3n) is 15.9. The fourth-order valence-corrected chi connectivity index (χ4v) is 12.7. The van der Waals surface area contributed by atoms with Gasteiger partial charge in [-0.3, -0.25) is 0 Å². The summed E-state index contributed by atoms with van der Waals surface area (Å²) >= 11 is 0. The highest BCUT2D eigenvalue weighted by atomic mass is 15.2. The SMILES string of the molecule is CC1(C)c2ccccc2-c2ccc(N(c3ccccc3)c3cccc4c3-c3ccccc3C43c4ccccc4-c4cc(N(c5ccc(-c6ccccc6)cc5)c5cccc(-c6ccccc6)c5)ccc43)cc21.